The molecule has 0 atom stereocenters. The van der Waals surface area contributed by atoms with E-state index in [0.717, 1.165) is 0 Å². The van der Waals surface area contributed by atoms with E-state index < -0.39 is 5.60 Å². The molecule has 0 aromatic carbocycles. The second kappa shape index (κ2) is 5.16. The minimum atomic E-state index is -0.500. The topological polar surface area (TPSA) is 20.2 Å². The molecule has 0 unspecified atom stereocenters. The molecule has 0 aromatic heterocycles. The molecule has 1 nitrogen and oxygen atoms in total. The van der Waals surface area contributed by atoms with Gasteiger partial charge in [-0.2, -0.15) is 0 Å². The summed E-state index contributed by atoms with van der Waals surface area (Å²) >= 11 is 0. The lowest BCUT2D eigenvalue weighted by Gasteiger charge is -2.04. The van der Waals surface area contributed by atoms with Crippen LogP contribution in [0, 0.1) is 0 Å². The van der Waals surface area contributed by atoms with Gasteiger partial charge in [0.15, 0.2) is 0 Å². The van der Waals surface area contributed by atoms with E-state index in [4.69, 9.17) is 5.11 Å². The van der Waals surface area contributed by atoms with Crippen molar-refractivity contribution in [2.45, 2.75) is 26.4 Å². The molecule has 0 saturated carbocycles. The van der Waals surface area contributed by atoms with Crippen LogP contribution in [0.4, 0.5) is 0 Å². The first-order chi connectivity index (χ1) is 2.00. The average Bonchev–Trinajstić information content (AvgIpc) is 0.722. The summed E-state index contributed by atoms with van der Waals surface area (Å²) in [5.74, 6) is 0. The number of hydrogen-bond acceptors (Lipinski definition) is 1. The normalized spacial score (nSPS) is 8.57. The van der Waals surface area contributed by atoms with Crippen LogP contribution in [0.3, 0.4) is 0 Å². The molecule has 7 heavy (non-hydrogen) atoms. The van der Waals surface area contributed by atoms with Crippen molar-refractivity contribution < 1.29 is 5.11 Å². The number of rotatable bonds is 0. The third-order valence-electron chi connectivity index (χ3n) is 0. The van der Waals surface area contributed by atoms with Crippen LogP contribution < -0.4 is 0 Å². The van der Waals surface area contributed by atoms with Gasteiger partial charge in [0.25, 0.3) is 0 Å². The Morgan fingerprint density at radius 1 is 1.14 bits per heavy atom. The molecule has 0 heterocycles. The first-order valence-electron chi connectivity index (χ1n) is 1.72. The molecule has 0 aliphatic heterocycles. The maximum atomic E-state index is 8.52. The predicted octanol–water partition coefficient (Wildman–Crippen LogP) is 0.283. The first kappa shape index (κ1) is 15.7. The third kappa shape index (κ3) is 171. The monoisotopic (exact) mass is 136 g/mol. The predicted molar refractivity (Wildman–Crippen MR) is 37.8 cm³/mol. The van der Waals surface area contributed by atoms with Gasteiger partial charge < -0.3 is 5.11 Å². The number of hydrogen-bond donors (Lipinski definition) is 1. The summed E-state index contributed by atoms with van der Waals surface area (Å²) in [5, 5.41) is 8.52. The van der Waals surface area contributed by atoms with Crippen molar-refractivity contribution in [3.8, 4) is 0 Å². The van der Waals surface area contributed by atoms with Crippen LogP contribution in [0.15, 0.2) is 0 Å². The highest BCUT2D eigenvalue weighted by molar-refractivity contribution is 5.85. The van der Waals surface area contributed by atoms with E-state index in [2.05, 4.69) is 0 Å². The van der Waals surface area contributed by atoms with E-state index in [0.29, 0.717) is 0 Å². The van der Waals surface area contributed by atoms with Crippen molar-refractivity contribution in [3.63, 3.8) is 0 Å². The second-order valence-corrected chi connectivity index (χ2v) is 2.17. The molecular formula is C4H13ClMgO. The van der Waals surface area contributed by atoms with E-state index in [9.17, 15) is 0 Å². The smallest absolute Gasteiger partial charge is 0.316 e. The SMILES string of the molecule is CC(C)(C)O.Cl.[MgH2]. The Labute approximate surface area is 67.1 Å². The molecule has 0 aromatic rings. The van der Waals surface area contributed by atoms with Gasteiger partial charge in [-0.25, -0.2) is 0 Å². The second-order valence-electron chi connectivity index (χ2n) is 2.17. The lowest BCUT2D eigenvalue weighted by atomic mass is 10.2. The minimum Gasteiger partial charge on any atom is -0.391 e. The lowest BCUT2D eigenvalue weighted by molar-refractivity contribution is 0.102. The molecule has 0 spiro atoms. The third-order valence-corrected chi connectivity index (χ3v) is 0. The maximum absolute atomic E-state index is 8.52. The summed E-state index contributed by atoms with van der Waals surface area (Å²) in [7, 11) is 0. The van der Waals surface area contributed by atoms with E-state index >= 15 is 0 Å². The van der Waals surface area contributed by atoms with Gasteiger partial charge in [0.05, 0.1) is 5.60 Å². The van der Waals surface area contributed by atoms with Crippen molar-refractivity contribution in [1.82, 2.24) is 0 Å². The lowest BCUT2D eigenvalue weighted by Crippen LogP contribution is -2.10. The van der Waals surface area contributed by atoms with Crippen molar-refractivity contribution in [2.24, 2.45) is 0 Å². The standard InChI is InChI=1S/C4H10O.ClH.Mg.2H/c1-4(2,3)5;;;;/h5H,1-3H3;1H;;;. The van der Waals surface area contributed by atoms with Crippen molar-refractivity contribution >= 4 is 35.5 Å². The molecule has 0 bridgehead atoms. The van der Waals surface area contributed by atoms with Crippen LogP contribution >= 0.6 is 12.4 Å². The Hall–Kier alpha value is 1.02. The van der Waals surface area contributed by atoms with Gasteiger partial charge in [0.2, 0.25) is 0 Å². The molecule has 0 fully saturated rings. The summed E-state index contributed by atoms with van der Waals surface area (Å²) in [6, 6.07) is 0. The van der Waals surface area contributed by atoms with Crippen LogP contribution in [-0.2, 0) is 0 Å². The highest BCUT2D eigenvalue weighted by Crippen LogP contribution is 1.93. The molecule has 0 rings (SSSR count). The Balaban J connectivity index is -0.0000000800. The van der Waals surface area contributed by atoms with Gasteiger partial charge in [-0.15, -0.1) is 12.4 Å². The Kier molecular flexibility index (Phi) is 11.6. The van der Waals surface area contributed by atoms with E-state index in [1.54, 1.807) is 20.8 Å². The fourth-order valence-corrected chi connectivity index (χ4v) is 0. The molecule has 44 valence electrons. The van der Waals surface area contributed by atoms with Crippen molar-refractivity contribution in [3.05, 3.63) is 0 Å². The Morgan fingerprint density at radius 2 is 1.14 bits per heavy atom. The summed E-state index contributed by atoms with van der Waals surface area (Å²) in [4.78, 5) is 0. The summed E-state index contributed by atoms with van der Waals surface area (Å²) in [5.41, 5.74) is -0.500. The van der Waals surface area contributed by atoms with Crippen molar-refractivity contribution in [1.29, 1.82) is 0 Å². The molecule has 0 saturated heterocycles. The molecule has 0 aliphatic carbocycles. The zero-order chi connectivity index (χ0) is 4.50. The Morgan fingerprint density at radius 3 is 1.14 bits per heavy atom. The molecule has 1 N–H and O–H groups in total. The zero-order valence-electron chi connectivity index (χ0n) is 4.36. The first-order valence-corrected chi connectivity index (χ1v) is 1.72. The highest BCUT2D eigenvalue weighted by Gasteiger charge is 1.97. The minimum absolute atomic E-state index is 0. The maximum Gasteiger partial charge on any atom is 0.316 e. The molecule has 3 heteroatoms. The highest BCUT2D eigenvalue weighted by atomic mass is 35.5. The quantitative estimate of drug-likeness (QED) is 0.475. The van der Waals surface area contributed by atoms with Crippen molar-refractivity contribution in [2.75, 3.05) is 0 Å². The van der Waals surface area contributed by atoms with E-state index in [1.807, 2.05) is 0 Å². The fraction of sp³-hybridized carbons (Fsp3) is 1.00. The molecular weight excluding hydrogens is 124 g/mol. The molecule has 0 aliphatic rings. The zero-order valence-corrected chi connectivity index (χ0v) is 5.17. The number of halogens is 1. The largest absolute Gasteiger partial charge is 0.391 e. The Bertz CT molecular complexity index is 27.2. The van der Waals surface area contributed by atoms with E-state index in [-0.39, 0.29) is 35.5 Å². The molecule has 0 amide bonds. The summed E-state index contributed by atoms with van der Waals surface area (Å²) in [6.45, 7) is 5.23. The van der Waals surface area contributed by atoms with Crippen LogP contribution in [0.2, 0.25) is 0 Å². The number of aliphatic hydroxyl groups is 1. The van der Waals surface area contributed by atoms with Gasteiger partial charge in [-0.1, -0.05) is 0 Å². The van der Waals surface area contributed by atoms with Gasteiger partial charge in [0.1, 0.15) is 0 Å². The van der Waals surface area contributed by atoms with Crippen LogP contribution in [-0.4, -0.2) is 33.8 Å². The van der Waals surface area contributed by atoms with Crippen LogP contribution in [0.5, 0.6) is 0 Å². The van der Waals surface area contributed by atoms with Gasteiger partial charge >= 0.3 is 23.1 Å². The van der Waals surface area contributed by atoms with Crippen LogP contribution in [0.25, 0.3) is 0 Å². The molecule has 0 radical (unpaired) electrons. The van der Waals surface area contributed by atoms with Gasteiger partial charge in [-0.05, 0) is 20.8 Å². The van der Waals surface area contributed by atoms with E-state index in [1.165, 1.54) is 0 Å². The fourth-order valence-electron chi connectivity index (χ4n) is 0. The van der Waals surface area contributed by atoms with Crippen LogP contribution in [0.1, 0.15) is 20.8 Å². The summed E-state index contributed by atoms with van der Waals surface area (Å²) < 4.78 is 0. The summed E-state index contributed by atoms with van der Waals surface area (Å²) in [6.07, 6.45) is 0. The average molecular weight is 137 g/mol. The van der Waals surface area contributed by atoms with Gasteiger partial charge in [0, 0.05) is 0 Å². The van der Waals surface area contributed by atoms with Gasteiger partial charge in [-0.3, -0.25) is 0 Å².